The molecule has 5 heteroatoms. The van der Waals surface area contributed by atoms with E-state index >= 15 is 0 Å². The molecule has 1 N–H and O–H groups in total. The van der Waals surface area contributed by atoms with Gasteiger partial charge in [-0.05, 0) is 24.0 Å². The SMILES string of the molecule is CC(C)CC(=O)NC(c1nnc2ccccn12)C(C)C. The highest BCUT2D eigenvalue weighted by Gasteiger charge is 2.23. The van der Waals surface area contributed by atoms with Crippen molar-refractivity contribution in [2.45, 2.75) is 40.2 Å². The molecule has 2 rings (SSSR count). The van der Waals surface area contributed by atoms with Crippen molar-refractivity contribution < 1.29 is 4.79 Å². The van der Waals surface area contributed by atoms with Crippen LogP contribution in [0.1, 0.15) is 46.0 Å². The van der Waals surface area contributed by atoms with Crippen molar-refractivity contribution in [1.29, 1.82) is 0 Å². The Hall–Kier alpha value is -1.91. The molecule has 0 saturated heterocycles. The quantitative estimate of drug-likeness (QED) is 0.911. The molecule has 5 nitrogen and oxygen atoms in total. The molecular weight excluding hydrogens is 252 g/mol. The zero-order chi connectivity index (χ0) is 14.7. The van der Waals surface area contributed by atoms with E-state index in [-0.39, 0.29) is 17.9 Å². The molecule has 0 radical (unpaired) electrons. The second kappa shape index (κ2) is 6.03. The molecule has 1 amide bonds. The van der Waals surface area contributed by atoms with Gasteiger partial charge in [0.1, 0.15) is 0 Å². The van der Waals surface area contributed by atoms with E-state index in [9.17, 15) is 4.79 Å². The molecule has 0 spiro atoms. The van der Waals surface area contributed by atoms with Gasteiger partial charge >= 0.3 is 0 Å². The fourth-order valence-corrected chi connectivity index (χ4v) is 2.20. The molecule has 1 atom stereocenters. The summed E-state index contributed by atoms with van der Waals surface area (Å²) in [5.41, 5.74) is 0.797. The minimum Gasteiger partial charge on any atom is -0.346 e. The molecule has 0 fully saturated rings. The number of hydrogen-bond acceptors (Lipinski definition) is 3. The molecule has 0 aliphatic rings. The van der Waals surface area contributed by atoms with Gasteiger partial charge in [0, 0.05) is 12.6 Å². The van der Waals surface area contributed by atoms with Crippen LogP contribution in [0.5, 0.6) is 0 Å². The second-order valence-corrected chi connectivity index (χ2v) is 5.87. The fourth-order valence-electron chi connectivity index (χ4n) is 2.20. The van der Waals surface area contributed by atoms with E-state index in [1.54, 1.807) is 0 Å². The topological polar surface area (TPSA) is 59.3 Å². The standard InChI is InChI=1S/C15H22N4O/c1-10(2)9-13(20)16-14(11(3)4)15-18-17-12-7-5-6-8-19(12)15/h5-8,10-11,14H,9H2,1-4H3,(H,16,20). The van der Waals surface area contributed by atoms with Crippen LogP contribution in [0.3, 0.4) is 0 Å². The third-order valence-electron chi connectivity index (χ3n) is 3.20. The molecule has 2 heterocycles. The summed E-state index contributed by atoms with van der Waals surface area (Å²) in [5, 5.41) is 11.5. The average molecular weight is 274 g/mol. The molecule has 0 aliphatic carbocycles. The van der Waals surface area contributed by atoms with Crippen molar-refractivity contribution in [2.24, 2.45) is 11.8 Å². The van der Waals surface area contributed by atoms with Crippen LogP contribution in [0, 0.1) is 11.8 Å². The molecule has 1 unspecified atom stereocenters. The first-order valence-electron chi connectivity index (χ1n) is 7.08. The van der Waals surface area contributed by atoms with Crippen LogP contribution in [-0.2, 0) is 4.79 Å². The van der Waals surface area contributed by atoms with Crippen LogP contribution < -0.4 is 5.32 Å². The Morgan fingerprint density at radius 1 is 1.25 bits per heavy atom. The first-order chi connectivity index (χ1) is 9.49. The lowest BCUT2D eigenvalue weighted by Crippen LogP contribution is -2.33. The Morgan fingerprint density at radius 2 is 2.00 bits per heavy atom. The van der Waals surface area contributed by atoms with Gasteiger partial charge in [-0.1, -0.05) is 33.8 Å². The third-order valence-corrected chi connectivity index (χ3v) is 3.20. The molecule has 0 aliphatic heterocycles. The summed E-state index contributed by atoms with van der Waals surface area (Å²) in [4.78, 5) is 12.0. The number of aromatic nitrogens is 3. The van der Waals surface area contributed by atoms with Crippen LogP contribution in [-0.4, -0.2) is 20.5 Å². The van der Waals surface area contributed by atoms with Gasteiger partial charge < -0.3 is 5.32 Å². The summed E-state index contributed by atoms with van der Waals surface area (Å²) >= 11 is 0. The van der Waals surface area contributed by atoms with E-state index < -0.39 is 0 Å². The van der Waals surface area contributed by atoms with Gasteiger partial charge in [-0.15, -0.1) is 10.2 Å². The minimum absolute atomic E-state index is 0.0615. The van der Waals surface area contributed by atoms with Gasteiger partial charge in [-0.2, -0.15) is 0 Å². The number of pyridine rings is 1. The Morgan fingerprint density at radius 3 is 2.65 bits per heavy atom. The largest absolute Gasteiger partial charge is 0.346 e. The highest BCUT2D eigenvalue weighted by atomic mass is 16.1. The van der Waals surface area contributed by atoms with Crippen molar-refractivity contribution in [1.82, 2.24) is 19.9 Å². The first kappa shape index (κ1) is 14.5. The number of carbonyl (C=O) groups excluding carboxylic acids is 1. The van der Waals surface area contributed by atoms with Gasteiger partial charge in [-0.3, -0.25) is 9.20 Å². The summed E-state index contributed by atoms with van der Waals surface area (Å²) in [6.07, 6.45) is 2.45. The van der Waals surface area contributed by atoms with Crippen LogP contribution in [0.4, 0.5) is 0 Å². The molecule has 20 heavy (non-hydrogen) atoms. The summed E-state index contributed by atoms with van der Waals surface area (Å²) < 4.78 is 1.93. The van der Waals surface area contributed by atoms with Crippen molar-refractivity contribution >= 4 is 11.6 Å². The predicted octanol–water partition coefficient (Wildman–Crippen LogP) is 2.59. The van der Waals surface area contributed by atoms with Gasteiger partial charge in [-0.25, -0.2) is 0 Å². The highest BCUT2D eigenvalue weighted by molar-refractivity contribution is 5.76. The summed E-state index contributed by atoms with van der Waals surface area (Å²) in [7, 11) is 0. The summed E-state index contributed by atoms with van der Waals surface area (Å²) in [6.45, 7) is 8.22. The number of carbonyl (C=O) groups is 1. The van der Waals surface area contributed by atoms with Crippen LogP contribution >= 0.6 is 0 Å². The van der Waals surface area contributed by atoms with Crippen molar-refractivity contribution in [3.63, 3.8) is 0 Å². The maximum atomic E-state index is 12.0. The Balaban J connectivity index is 2.27. The van der Waals surface area contributed by atoms with Gasteiger partial charge in [0.25, 0.3) is 0 Å². The Kier molecular flexibility index (Phi) is 4.37. The second-order valence-electron chi connectivity index (χ2n) is 5.87. The normalized spacial score (nSPS) is 13.1. The van der Waals surface area contributed by atoms with Crippen molar-refractivity contribution in [3.8, 4) is 0 Å². The number of amides is 1. The Bertz CT molecular complexity index is 588. The van der Waals surface area contributed by atoms with E-state index in [0.29, 0.717) is 12.3 Å². The molecule has 2 aromatic rings. The monoisotopic (exact) mass is 274 g/mol. The van der Waals surface area contributed by atoms with E-state index in [0.717, 1.165) is 11.5 Å². The highest BCUT2D eigenvalue weighted by Crippen LogP contribution is 2.21. The maximum absolute atomic E-state index is 12.0. The molecule has 108 valence electrons. The predicted molar refractivity (Wildman–Crippen MR) is 78.2 cm³/mol. The molecule has 0 bridgehead atoms. The summed E-state index contributed by atoms with van der Waals surface area (Å²) in [6, 6.07) is 5.64. The smallest absolute Gasteiger partial charge is 0.220 e. The van der Waals surface area contributed by atoms with Gasteiger partial charge in [0.2, 0.25) is 5.91 Å². The molecule has 0 aromatic carbocycles. The van der Waals surface area contributed by atoms with Crippen molar-refractivity contribution in [3.05, 3.63) is 30.2 Å². The maximum Gasteiger partial charge on any atom is 0.220 e. The van der Waals surface area contributed by atoms with Crippen LogP contribution in [0.2, 0.25) is 0 Å². The first-order valence-corrected chi connectivity index (χ1v) is 7.08. The fraction of sp³-hybridized carbons (Fsp3) is 0.533. The number of hydrogen-bond donors (Lipinski definition) is 1. The van der Waals surface area contributed by atoms with Gasteiger partial charge in [0.15, 0.2) is 11.5 Å². The van der Waals surface area contributed by atoms with Crippen LogP contribution in [0.25, 0.3) is 5.65 Å². The number of rotatable bonds is 5. The molecule has 2 aromatic heterocycles. The van der Waals surface area contributed by atoms with E-state index in [1.165, 1.54) is 0 Å². The van der Waals surface area contributed by atoms with E-state index in [4.69, 9.17) is 0 Å². The van der Waals surface area contributed by atoms with Gasteiger partial charge in [0.05, 0.1) is 6.04 Å². The summed E-state index contributed by atoms with van der Waals surface area (Å²) in [5.74, 6) is 1.44. The van der Waals surface area contributed by atoms with E-state index in [2.05, 4.69) is 29.4 Å². The average Bonchev–Trinajstić information content (AvgIpc) is 2.78. The molecule has 0 saturated carbocycles. The number of nitrogens with one attached hydrogen (secondary N) is 1. The third kappa shape index (κ3) is 3.15. The van der Waals surface area contributed by atoms with Crippen molar-refractivity contribution in [2.75, 3.05) is 0 Å². The Labute approximate surface area is 119 Å². The minimum atomic E-state index is -0.126. The lowest BCUT2D eigenvalue weighted by Gasteiger charge is -2.21. The number of fused-ring (bicyclic) bond motifs is 1. The lowest BCUT2D eigenvalue weighted by molar-refractivity contribution is -0.122. The lowest BCUT2D eigenvalue weighted by atomic mass is 10.0. The number of nitrogens with zero attached hydrogens (tertiary/aromatic N) is 3. The van der Waals surface area contributed by atoms with E-state index in [1.807, 2.05) is 42.6 Å². The zero-order valence-electron chi connectivity index (χ0n) is 12.5. The van der Waals surface area contributed by atoms with Crippen LogP contribution in [0.15, 0.2) is 24.4 Å². The molecular formula is C15H22N4O. The zero-order valence-corrected chi connectivity index (χ0v) is 12.5.